The molecule has 2 aromatic heterocycles. The molecule has 0 amide bonds. The maximum absolute atomic E-state index is 12.0. The fourth-order valence-electron chi connectivity index (χ4n) is 1.49. The van der Waals surface area contributed by atoms with Gasteiger partial charge < -0.3 is 5.73 Å². The number of anilines is 1. The minimum Gasteiger partial charge on any atom is -0.320 e. The Labute approximate surface area is 127 Å². The SMILES string of the molecule is NCC#Cc1cnc(NS(=O)(=O)CCc2ccccn2)s1. The van der Waals surface area contributed by atoms with E-state index in [1.54, 1.807) is 18.3 Å². The summed E-state index contributed by atoms with van der Waals surface area (Å²) in [6.07, 6.45) is 3.50. The number of pyridine rings is 1. The van der Waals surface area contributed by atoms with E-state index in [4.69, 9.17) is 5.73 Å². The summed E-state index contributed by atoms with van der Waals surface area (Å²) in [6.45, 7) is 0.253. The van der Waals surface area contributed by atoms with Crippen LogP contribution >= 0.6 is 11.3 Å². The molecule has 2 rings (SSSR count). The van der Waals surface area contributed by atoms with Gasteiger partial charge in [0.25, 0.3) is 0 Å². The predicted octanol–water partition coefficient (Wildman–Crippen LogP) is 0.833. The smallest absolute Gasteiger partial charge is 0.234 e. The third kappa shape index (κ3) is 5.15. The summed E-state index contributed by atoms with van der Waals surface area (Å²) in [5.74, 6) is 5.45. The van der Waals surface area contributed by atoms with Crippen molar-refractivity contribution in [1.29, 1.82) is 0 Å². The van der Waals surface area contributed by atoms with Gasteiger partial charge in [0.15, 0.2) is 5.13 Å². The van der Waals surface area contributed by atoms with Gasteiger partial charge in [0.05, 0.1) is 23.4 Å². The Kier molecular flexibility index (Phi) is 5.27. The van der Waals surface area contributed by atoms with Crippen LogP contribution in [0.5, 0.6) is 0 Å². The van der Waals surface area contributed by atoms with E-state index in [0.29, 0.717) is 16.4 Å². The van der Waals surface area contributed by atoms with E-state index in [2.05, 4.69) is 26.5 Å². The summed E-state index contributed by atoms with van der Waals surface area (Å²) in [5, 5.41) is 0.303. The molecule has 0 aromatic carbocycles. The molecule has 0 atom stereocenters. The van der Waals surface area contributed by atoms with Gasteiger partial charge in [-0.25, -0.2) is 13.4 Å². The van der Waals surface area contributed by atoms with Gasteiger partial charge in [-0.2, -0.15) is 0 Å². The van der Waals surface area contributed by atoms with E-state index in [1.807, 2.05) is 6.07 Å². The molecule has 0 aliphatic rings. The lowest BCUT2D eigenvalue weighted by atomic mass is 10.3. The van der Waals surface area contributed by atoms with Gasteiger partial charge >= 0.3 is 0 Å². The number of hydrogen-bond donors (Lipinski definition) is 2. The Bertz CT molecular complexity index is 745. The van der Waals surface area contributed by atoms with Crippen molar-refractivity contribution in [2.45, 2.75) is 6.42 Å². The van der Waals surface area contributed by atoms with Crippen LogP contribution in [0.3, 0.4) is 0 Å². The Balaban J connectivity index is 1.96. The minimum absolute atomic E-state index is 0.0482. The number of hydrogen-bond acceptors (Lipinski definition) is 6. The fourth-order valence-corrected chi connectivity index (χ4v) is 3.47. The van der Waals surface area contributed by atoms with Crippen molar-refractivity contribution in [2.75, 3.05) is 17.0 Å². The van der Waals surface area contributed by atoms with Gasteiger partial charge in [0.2, 0.25) is 10.0 Å². The highest BCUT2D eigenvalue weighted by Crippen LogP contribution is 2.18. The summed E-state index contributed by atoms with van der Waals surface area (Å²) in [4.78, 5) is 8.74. The summed E-state index contributed by atoms with van der Waals surface area (Å²) in [5.41, 5.74) is 6.01. The van der Waals surface area contributed by atoms with E-state index in [0.717, 1.165) is 5.69 Å². The van der Waals surface area contributed by atoms with Crippen molar-refractivity contribution in [3.8, 4) is 11.8 Å². The molecular formula is C13H14N4O2S2. The first kappa shape index (κ1) is 15.4. The zero-order valence-corrected chi connectivity index (χ0v) is 12.7. The van der Waals surface area contributed by atoms with Crippen LogP contribution in [0.2, 0.25) is 0 Å². The van der Waals surface area contributed by atoms with Gasteiger partial charge in [-0.15, -0.1) is 0 Å². The molecule has 0 saturated heterocycles. The van der Waals surface area contributed by atoms with Crippen molar-refractivity contribution in [1.82, 2.24) is 9.97 Å². The molecule has 3 N–H and O–H groups in total. The van der Waals surface area contributed by atoms with E-state index in [9.17, 15) is 8.42 Å². The maximum atomic E-state index is 12.0. The molecule has 21 heavy (non-hydrogen) atoms. The second-order valence-corrected chi connectivity index (χ2v) is 6.90. The number of thiazole rings is 1. The van der Waals surface area contributed by atoms with Crippen molar-refractivity contribution >= 4 is 26.5 Å². The van der Waals surface area contributed by atoms with Crippen LogP contribution < -0.4 is 10.5 Å². The fraction of sp³-hybridized carbons (Fsp3) is 0.231. The highest BCUT2D eigenvalue weighted by Gasteiger charge is 2.13. The third-order valence-electron chi connectivity index (χ3n) is 2.42. The Hall–Kier alpha value is -1.95. The van der Waals surface area contributed by atoms with Crippen LogP contribution in [0.25, 0.3) is 0 Å². The molecule has 0 fully saturated rings. The van der Waals surface area contributed by atoms with Crippen molar-refractivity contribution in [3.05, 3.63) is 41.2 Å². The first-order valence-corrected chi connectivity index (χ1v) is 8.61. The van der Waals surface area contributed by atoms with E-state index < -0.39 is 10.0 Å². The zero-order valence-electron chi connectivity index (χ0n) is 11.1. The quantitative estimate of drug-likeness (QED) is 0.795. The molecule has 8 heteroatoms. The van der Waals surface area contributed by atoms with Gasteiger partial charge in [-0.1, -0.05) is 29.2 Å². The number of rotatable bonds is 5. The first-order chi connectivity index (χ1) is 10.1. The number of aromatic nitrogens is 2. The Morgan fingerprint density at radius 2 is 2.19 bits per heavy atom. The average molecular weight is 322 g/mol. The average Bonchev–Trinajstić information content (AvgIpc) is 2.91. The maximum Gasteiger partial charge on any atom is 0.234 e. The number of aryl methyl sites for hydroxylation is 1. The molecule has 0 saturated carbocycles. The van der Waals surface area contributed by atoms with Crippen molar-refractivity contribution < 1.29 is 8.42 Å². The second-order valence-electron chi connectivity index (χ2n) is 4.03. The second kappa shape index (κ2) is 7.17. The molecule has 0 bridgehead atoms. The lowest BCUT2D eigenvalue weighted by molar-refractivity contribution is 0.600. The van der Waals surface area contributed by atoms with Crippen LogP contribution in [0.4, 0.5) is 5.13 Å². The van der Waals surface area contributed by atoms with Gasteiger partial charge in [-0.3, -0.25) is 9.71 Å². The van der Waals surface area contributed by atoms with Gasteiger partial charge in [-0.05, 0) is 12.1 Å². The molecular weight excluding hydrogens is 308 g/mol. The molecule has 2 aromatic rings. The molecule has 110 valence electrons. The monoisotopic (exact) mass is 322 g/mol. The molecule has 0 spiro atoms. The first-order valence-electron chi connectivity index (χ1n) is 6.14. The number of nitrogens with two attached hydrogens (primary N) is 1. The highest BCUT2D eigenvalue weighted by molar-refractivity contribution is 7.92. The largest absolute Gasteiger partial charge is 0.320 e. The van der Waals surface area contributed by atoms with Crippen molar-refractivity contribution in [2.24, 2.45) is 5.73 Å². The van der Waals surface area contributed by atoms with Crippen LogP contribution in [0, 0.1) is 11.8 Å². The topological polar surface area (TPSA) is 98.0 Å². The van der Waals surface area contributed by atoms with E-state index in [-0.39, 0.29) is 12.3 Å². The Morgan fingerprint density at radius 1 is 1.33 bits per heavy atom. The summed E-state index contributed by atoms with van der Waals surface area (Å²) in [6, 6.07) is 5.40. The van der Waals surface area contributed by atoms with Crippen LogP contribution in [-0.4, -0.2) is 30.7 Å². The molecule has 0 unspecified atom stereocenters. The highest BCUT2D eigenvalue weighted by atomic mass is 32.2. The summed E-state index contributed by atoms with van der Waals surface area (Å²) < 4.78 is 26.4. The standard InChI is InChI=1S/C13H14N4O2S2/c14-7-3-5-12-10-16-13(20-12)17-21(18,19)9-6-11-4-1-2-8-15-11/h1-2,4,8,10H,6-7,9,14H2,(H,16,17). The molecule has 6 nitrogen and oxygen atoms in total. The summed E-state index contributed by atoms with van der Waals surface area (Å²) in [7, 11) is -3.45. The van der Waals surface area contributed by atoms with Crippen molar-refractivity contribution in [3.63, 3.8) is 0 Å². The molecule has 0 radical (unpaired) electrons. The van der Waals surface area contributed by atoms with Crippen LogP contribution in [0.15, 0.2) is 30.6 Å². The Morgan fingerprint density at radius 3 is 2.90 bits per heavy atom. The third-order valence-corrected chi connectivity index (χ3v) is 4.62. The minimum atomic E-state index is -3.45. The lowest BCUT2D eigenvalue weighted by Crippen LogP contribution is -2.18. The van der Waals surface area contributed by atoms with Gasteiger partial charge in [0.1, 0.15) is 0 Å². The number of nitrogens with one attached hydrogen (secondary N) is 1. The molecule has 0 aliphatic heterocycles. The van der Waals surface area contributed by atoms with E-state index in [1.165, 1.54) is 17.5 Å². The van der Waals surface area contributed by atoms with Crippen LogP contribution in [-0.2, 0) is 16.4 Å². The number of nitrogens with zero attached hydrogens (tertiary/aromatic N) is 2. The number of sulfonamides is 1. The lowest BCUT2D eigenvalue weighted by Gasteiger charge is -2.04. The zero-order chi connectivity index (χ0) is 15.1. The van der Waals surface area contributed by atoms with Crippen LogP contribution in [0.1, 0.15) is 10.6 Å². The molecule has 2 heterocycles. The van der Waals surface area contributed by atoms with Gasteiger partial charge in [0, 0.05) is 18.3 Å². The summed E-state index contributed by atoms with van der Waals surface area (Å²) >= 11 is 1.18. The predicted molar refractivity (Wildman–Crippen MR) is 83.4 cm³/mol. The molecule has 0 aliphatic carbocycles. The van der Waals surface area contributed by atoms with E-state index >= 15 is 0 Å². The normalized spacial score (nSPS) is 10.7.